The number of aryl methyl sites for hydroxylation is 1. The van der Waals surface area contributed by atoms with Crippen LogP contribution >= 0.6 is 0 Å². The number of rotatable bonds is 4. The fourth-order valence-electron chi connectivity index (χ4n) is 2.12. The Hall–Kier alpha value is -1.55. The third kappa shape index (κ3) is 2.48. The molecule has 1 aliphatic rings. The third-order valence-corrected chi connectivity index (χ3v) is 3.77. The summed E-state index contributed by atoms with van der Waals surface area (Å²) in [5.74, 6) is 0.444. The molecule has 0 saturated heterocycles. The largest absolute Gasteiger partial charge is 0.508 e. The minimum Gasteiger partial charge on any atom is -0.508 e. The Balaban J connectivity index is 2.13. The van der Waals surface area contributed by atoms with Crippen molar-refractivity contribution in [2.75, 3.05) is 6.54 Å². The van der Waals surface area contributed by atoms with Crippen molar-refractivity contribution in [3.8, 4) is 5.75 Å². The minimum absolute atomic E-state index is 0.142. The molecule has 98 valence electrons. The van der Waals surface area contributed by atoms with E-state index < -0.39 is 0 Å². The first kappa shape index (κ1) is 12.9. The van der Waals surface area contributed by atoms with E-state index in [4.69, 9.17) is 5.73 Å². The fraction of sp³-hybridized carbons (Fsp3) is 0.500. The number of hydrogen-bond donors (Lipinski definition) is 3. The van der Waals surface area contributed by atoms with Crippen molar-refractivity contribution >= 4 is 5.91 Å². The summed E-state index contributed by atoms with van der Waals surface area (Å²) in [7, 11) is 0. The Morgan fingerprint density at radius 3 is 2.72 bits per heavy atom. The molecule has 1 saturated carbocycles. The van der Waals surface area contributed by atoms with Gasteiger partial charge in [-0.05, 0) is 50.3 Å². The predicted molar refractivity (Wildman–Crippen MR) is 70.5 cm³/mol. The van der Waals surface area contributed by atoms with Gasteiger partial charge in [-0.2, -0.15) is 0 Å². The zero-order valence-corrected chi connectivity index (χ0v) is 10.9. The van der Waals surface area contributed by atoms with Gasteiger partial charge in [0.15, 0.2) is 0 Å². The average Bonchev–Trinajstić information content (AvgIpc) is 3.16. The van der Waals surface area contributed by atoms with E-state index >= 15 is 0 Å². The molecule has 1 aromatic rings. The SMILES string of the molecule is Cc1ccc(C(=O)NC(C)(CN)C2CC2)cc1O. The van der Waals surface area contributed by atoms with E-state index in [0.29, 0.717) is 18.0 Å². The number of phenolic OH excluding ortho intramolecular Hbond substituents is 1. The van der Waals surface area contributed by atoms with Gasteiger partial charge in [0.05, 0.1) is 5.54 Å². The molecule has 18 heavy (non-hydrogen) atoms. The smallest absolute Gasteiger partial charge is 0.251 e. The Kier molecular flexibility index (Phi) is 3.30. The molecule has 0 aliphatic heterocycles. The van der Waals surface area contributed by atoms with Gasteiger partial charge < -0.3 is 16.2 Å². The van der Waals surface area contributed by atoms with Crippen molar-refractivity contribution in [1.29, 1.82) is 0 Å². The molecule has 0 heterocycles. The molecule has 1 aromatic carbocycles. The molecule has 2 rings (SSSR count). The van der Waals surface area contributed by atoms with Crippen LogP contribution in [0.25, 0.3) is 0 Å². The summed E-state index contributed by atoms with van der Waals surface area (Å²) in [4.78, 5) is 12.1. The van der Waals surface area contributed by atoms with Gasteiger partial charge >= 0.3 is 0 Å². The molecule has 1 unspecified atom stereocenters. The van der Waals surface area contributed by atoms with Gasteiger partial charge in [-0.25, -0.2) is 0 Å². The molecule has 0 bridgehead atoms. The van der Waals surface area contributed by atoms with E-state index in [1.165, 1.54) is 6.07 Å². The van der Waals surface area contributed by atoms with Gasteiger partial charge in [-0.15, -0.1) is 0 Å². The molecule has 1 fully saturated rings. The van der Waals surface area contributed by atoms with Crippen molar-refractivity contribution in [2.24, 2.45) is 11.7 Å². The van der Waals surface area contributed by atoms with Crippen LogP contribution in [0.5, 0.6) is 5.75 Å². The first-order valence-corrected chi connectivity index (χ1v) is 6.28. The average molecular weight is 248 g/mol. The quantitative estimate of drug-likeness (QED) is 0.757. The fourth-order valence-corrected chi connectivity index (χ4v) is 2.12. The lowest BCUT2D eigenvalue weighted by Crippen LogP contribution is -2.53. The second-order valence-corrected chi connectivity index (χ2v) is 5.35. The number of phenols is 1. The third-order valence-electron chi connectivity index (χ3n) is 3.77. The predicted octanol–water partition coefficient (Wildman–Crippen LogP) is 1.56. The highest BCUT2D eigenvalue weighted by Crippen LogP contribution is 2.39. The molecular formula is C14H20N2O2. The molecule has 4 N–H and O–H groups in total. The lowest BCUT2D eigenvalue weighted by molar-refractivity contribution is 0.0897. The summed E-state index contributed by atoms with van der Waals surface area (Å²) >= 11 is 0. The van der Waals surface area contributed by atoms with Gasteiger partial charge in [-0.3, -0.25) is 4.79 Å². The van der Waals surface area contributed by atoms with Crippen molar-refractivity contribution in [1.82, 2.24) is 5.32 Å². The molecule has 4 heteroatoms. The van der Waals surface area contributed by atoms with Crippen molar-refractivity contribution in [3.63, 3.8) is 0 Å². The van der Waals surface area contributed by atoms with Crippen LogP contribution in [-0.4, -0.2) is 23.1 Å². The van der Waals surface area contributed by atoms with Crippen LogP contribution in [0.15, 0.2) is 18.2 Å². The first-order chi connectivity index (χ1) is 8.46. The second kappa shape index (κ2) is 4.61. The highest BCUT2D eigenvalue weighted by atomic mass is 16.3. The van der Waals surface area contributed by atoms with Crippen LogP contribution in [0, 0.1) is 12.8 Å². The van der Waals surface area contributed by atoms with E-state index in [2.05, 4.69) is 5.32 Å². The Bertz CT molecular complexity index is 469. The van der Waals surface area contributed by atoms with E-state index in [9.17, 15) is 9.90 Å². The lowest BCUT2D eigenvalue weighted by Gasteiger charge is -2.29. The standard InChI is InChI=1S/C14H20N2O2/c1-9-3-4-10(7-12(9)17)13(18)16-14(2,8-15)11-5-6-11/h3-4,7,11,17H,5-6,8,15H2,1-2H3,(H,16,18). The van der Waals surface area contributed by atoms with E-state index in [1.807, 2.05) is 6.92 Å². The molecule has 1 atom stereocenters. The lowest BCUT2D eigenvalue weighted by atomic mass is 9.95. The summed E-state index contributed by atoms with van der Waals surface area (Å²) in [6, 6.07) is 4.95. The summed E-state index contributed by atoms with van der Waals surface area (Å²) < 4.78 is 0. The minimum atomic E-state index is -0.336. The zero-order chi connectivity index (χ0) is 13.3. The van der Waals surface area contributed by atoms with Crippen LogP contribution < -0.4 is 11.1 Å². The molecule has 0 spiro atoms. The number of nitrogens with two attached hydrogens (primary N) is 1. The van der Waals surface area contributed by atoms with Crippen molar-refractivity contribution in [2.45, 2.75) is 32.2 Å². The van der Waals surface area contributed by atoms with Gasteiger partial charge in [0.25, 0.3) is 5.91 Å². The Morgan fingerprint density at radius 1 is 1.56 bits per heavy atom. The van der Waals surface area contributed by atoms with E-state index in [0.717, 1.165) is 18.4 Å². The van der Waals surface area contributed by atoms with Crippen LogP contribution in [0.1, 0.15) is 35.7 Å². The molecule has 1 aliphatic carbocycles. The number of amides is 1. The van der Waals surface area contributed by atoms with E-state index in [1.54, 1.807) is 19.1 Å². The summed E-state index contributed by atoms with van der Waals surface area (Å²) in [5.41, 5.74) is 6.66. The van der Waals surface area contributed by atoms with Crippen LogP contribution in [-0.2, 0) is 0 Å². The highest BCUT2D eigenvalue weighted by molar-refractivity contribution is 5.95. The maximum Gasteiger partial charge on any atom is 0.251 e. The van der Waals surface area contributed by atoms with Gasteiger partial charge in [-0.1, -0.05) is 6.07 Å². The molecular weight excluding hydrogens is 228 g/mol. The normalized spacial score (nSPS) is 18.2. The summed E-state index contributed by atoms with van der Waals surface area (Å²) in [5, 5.41) is 12.6. The number of carbonyl (C=O) groups excluding carboxylic acids is 1. The van der Waals surface area contributed by atoms with Gasteiger partial charge in [0, 0.05) is 12.1 Å². The number of carbonyl (C=O) groups is 1. The monoisotopic (exact) mass is 248 g/mol. The number of nitrogens with one attached hydrogen (secondary N) is 1. The van der Waals surface area contributed by atoms with Crippen LogP contribution in [0.3, 0.4) is 0 Å². The van der Waals surface area contributed by atoms with Crippen LogP contribution in [0.4, 0.5) is 0 Å². The van der Waals surface area contributed by atoms with Crippen molar-refractivity contribution in [3.05, 3.63) is 29.3 Å². The molecule has 0 aromatic heterocycles. The second-order valence-electron chi connectivity index (χ2n) is 5.35. The molecule has 4 nitrogen and oxygen atoms in total. The van der Waals surface area contributed by atoms with Gasteiger partial charge in [0.1, 0.15) is 5.75 Å². The zero-order valence-electron chi connectivity index (χ0n) is 10.9. The first-order valence-electron chi connectivity index (χ1n) is 6.28. The maximum atomic E-state index is 12.1. The Labute approximate surface area is 107 Å². The maximum absolute atomic E-state index is 12.1. The van der Waals surface area contributed by atoms with Crippen molar-refractivity contribution < 1.29 is 9.90 Å². The number of hydrogen-bond acceptors (Lipinski definition) is 3. The highest BCUT2D eigenvalue weighted by Gasteiger charge is 2.41. The molecule has 1 amide bonds. The topological polar surface area (TPSA) is 75.4 Å². The molecule has 0 radical (unpaired) electrons. The van der Waals surface area contributed by atoms with Gasteiger partial charge in [0.2, 0.25) is 0 Å². The summed E-state index contributed by atoms with van der Waals surface area (Å²) in [6.07, 6.45) is 2.24. The number of benzene rings is 1. The van der Waals surface area contributed by atoms with E-state index in [-0.39, 0.29) is 17.2 Å². The number of aromatic hydroxyl groups is 1. The van der Waals surface area contributed by atoms with Crippen LogP contribution in [0.2, 0.25) is 0 Å². The Morgan fingerprint density at radius 2 is 2.22 bits per heavy atom. The summed E-state index contributed by atoms with van der Waals surface area (Å²) in [6.45, 7) is 4.21.